The van der Waals surface area contributed by atoms with E-state index in [2.05, 4.69) is 122 Å². The molecule has 0 amide bonds. The Hall–Kier alpha value is -2.28. The van der Waals surface area contributed by atoms with Gasteiger partial charge in [-0.05, 0) is 101 Å². The summed E-state index contributed by atoms with van der Waals surface area (Å²) in [5.74, 6) is 14.1. The van der Waals surface area contributed by atoms with Gasteiger partial charge in [0.1, 0.15) is 0 Å². The molecular formula is C38H49BO2S2. The van der Waals surface area contributed by atoms with Crippen LogP contribution >= 0.6 is 22.7 Å². The van der Waals surface area contributed by atoms with Crippen molar-refractivity contribution in [3.8, 4) is 23.7 Å². The topological polar surface area (TPSA) is 18.5 Å². The monoisotopic (exact) mass is 612 g/mol. The Morgan fingerprint density at radius 1 is 0.674 bits per heavy atom. The Balaban J connectivity index is 1.79. The van der Waals surface area contributed by atoms with E-state index in [1.54, 1.807) is 0 Å². The number of thiophene rings is 2. The first-order chi connectivity index (χ1) is 20.3. The van der Waals surface area contributed by atoms with Gasteiger partial charge in [0.05, 0.1) is 21.0 Å². The number of hydrogen-bond donors (Lipinski definition) is 0. The van der Waals surface area contributed by atoms with Gasteiger partial charge in [0.2, 0.25) is 0 Å². The zero-order valence-electron chi connectivity index (χ0n) is 27.8. The van der Waals surface area contributed by atoms with Crippen molar-refractivity contribution in [3.05, 3.63) is 72.6 Å². The molecule has 1 aliphatic rings. The molecule has 0 saturated carbocycles. The molecule has 2 nitrogen and oxygen atoms in total. The van der Waals surface area contributed by atoms with Crippen LogP contribution < -0.4 is 5.46 Å². The smallest absolute Gasteiger partial charge is 0.399 e. The van der Waals surface area contributed by atoms with E-state index in [1.165, 1.54) is 53.8 Å². The van der Waals surface area contributed by atoms with Crippen molar-refractivity contribution in [2.24, 2.45) is 0 Å². The van der Waals surface area contributed by atoms with E-state index in [0.717, 1.165) is 39.2 Å². The number of unbranched alkanes of at least 4 members (excludes halogenated alkanes) is 4. The summed E-state index contributed by atoms with van der Waals surface area (Å²) in [5.41, 5.74) is 3.03. The zero-order valence-corrected chi connectivity index (χ0v) is 29.5. The lowest BCUT2D eigenvalue weighted by atomic mass is 9.70. The van der Waals surface area contributed by atoms with Gasteiger partial charge < -0.3 is 9.31 Å². The molecule has 4 rings (SSSR count). The van der Waals surface area contributed by atoms with Crippen LogP contribution in [-0.4, -0.2) is 18.3 Å². The fourth-order valence-electron chi connectivity index (χ4n) is 5.02. The standard InChI is InChI=1S/C38H49BO2S2/c1-10-12-14-16-31-22-24-33(42-31)20-18-28-26-30(36(3,4)5)27-29(35(28)39-40-37(6,7)38(8,9)41-39)19-21-34-25-23-32(43-34)17-15-13-11-2/h22-27H,10-17H2,1-9H3. The van der Waals surface area contributed by atoms with Gasteiger partial charge in [0, 0.05) is 26.3 Å². The molecule has 0 N–H and O–H groups in total. The number of aryl methyl sites for hydroxylation is 2. The number of benzene rings is 1. The molecule has 228 valence electrons. The van der Waals surface area contributed by atoms with Crippen LogP contribution in [0.15, 0.2) is 36.4 Å². The van der Waals surface area contributed by atoms with E-state index in [1.807, 2.05) is 22.7 Å². The minimum absolute atomic E-state index is 0.0634. The second-order valence-electron chi connectivity index (χ2n) is 13.8. The zero-order chi connectivity index (χ0) is 31.3. The highest BCUT2D eigenvalue weighted by Gasteiger charge is 2.53. The molecule has 0 spiro atoms. The van der Waals surface area contributed by atoms with Gasteiger partial charge in [0.15, 0.2) is 0 Å². The Morgan fingerprint density at radius 2 is 1.12 bits per heavy atom. The van der Waals surface area contributed by atoms with Crippen molar-refractivity contribution in [2.75, 3.05) is 0 Å². The molecule has 3 aromatic rings. The first kappa shape index (κ1) is 33.6. The predicted octanol–water partition coefficient (Wildman–Crippen LogP) is 9.67. The highest BCUT2D eigenvalue weighted by Crippen LogP contribution is 2.37. The lowest BCUT2D eigenvalue weighted by Gasteiger charge is -2.32. The molecule has 1 aliphatic heterocycles. The maximum atomic E-state index is 6.63. The van der Waals surface area contributed by atoms with Crippen molar-refractivity contribution >= 4 is 35.3 Å². The second-order valence-corrected chi connectivity index (χ2v) is 16.1. The van der Waals surface area contributed by atoms with Crippen LogP contribution in [0, 0.1) is 23.7 Å². The Kier molecular flexibility index (Phi) is 11.1. The van der Waals surface area contributed by atoms with Crippen LogP contribution in [-0.2, 0) is 27.6 Å². The van der Waals surface area contributed by atoms with E-state index in [0.29, 0.717) is 0 Å². The van der Waals surface area contributed by atoms with Crippen molar-refractivity contribution < 1.29 is 9.31 Å². The van der Waals surface area contributed by atoms with Gasteiger partial charge in [-0.1, -0.05) is 84.0 Å². The SMILES string of the molecule is CCCCCc1ccc(C#Cc2cc(C(C)(C)C)cc(C#Cc3ccc(CCCCC)s3)c2B2OC(C)(C)C(C)(C)O2)s1. The Labute approximate surface area is 270 Å². The molecule has 0 atom stereocenters. The molecule has 5 heteroatoms. The lowest BCUT2D eigenvalue weighted by Crippen LogP contribution is -2.41. The second kappa shape index (κ2) is 14.2. The normalized spacial score (nSPS) is 15.6. The van der Waals surface area contributed by atoms with Gasteiger partial charge in [-0.2, -0.15) is 0 Å². The van der Waals surface area contributed by atoms with E-state index in [-0.39, 0.29) is 5.41 Å². The quantitative estimate of drug-likeness (QED) is 0.136. The summed E-state index contributed by atoms with van der Waals surface area (Å²) < 4.78 is 13.3. The molecular weight excluding hydrogens is 563 g/mol. The van der Waals surface area contributed by atoms with Crippen molar-refractivity contribution in [1.82, 2.24) is 0 Å². The fourth-order valence-corrected chi connectivity index (χ4v) is 6.83. The summed E-state index contributed by atoms with van der Waals surface area (Å²) in [6.45, 7) is 19.6. The van der Waals surface area contributed by atoms with Crippen molar-refractivity contribution in [3.63, 3.8) is 0 Å². The predicted molar refractivity (Wildman–Crippen MR) is 188 cm³/mol. The summed E-state index contributed by atoms with van der Waals surface area (Å²) >= 11 is 3.62. The summed E-state index contributed by atoms with van der Waals surface area (Å²) in [4.78, 5) is 5.00. The molecule has 43 heavy (non-hydrogen) atoms. The molecule has 1 saturated heterocycles. The molecule has 3 heterocycles. The average Bonchev–Trinajstić information content (AvgIpc) is 3.63. The van der Waals surface area contributed by atoms with E-state index in [9.17, 15) is 0 Å². The lowest BCUT2D eigenvalue weighted by molar-refractivity contribution is 0.00578. The highest BCUT2D eigenvalue weighted by molar-refractivity contribution is 7.12. The van der Waals surface area contributed by atoms with E-state index >= 15 is 0 Å². The third kappa shape index (κ3) is 8.68. The molecule has 0 radical (unpaired) electrons. The minimum Gasteiger partial charge on any atom is -0.399 e. The summed E-state index contributed by atoms with van der Waals surface area (Å²) in [7, 11) is -0.548. The van der Waals surface area contributed by atoms with Crippen LogP contribution in [0.2, 0.25) is 0 Å². The van der Waals surface area contributed by atoms with Gasteiger partial charge in [-0.3, -0.25) is 0 Å². The van der Waals surface area contributed by atoms with E-state index < -0.39 is 18.3 Å². The molecule has 2 aromatic heterocycles. The third-order valence-corrected chi connectivity index (χ3v) is 10.7. The minimum atomic E-state index is -0.548. The Bertz CT molecular complexity index is 1410. The van der Waals surface area contributed by atoms with Gasteiger partial charge >= 0.3 is 7.12 Å². The third-order valence-electron chi connectivity index (χ3n) is 8.55. The van der Waals surface area contributed by atoms with Crippen LogP contribution in [0.5, 0.6) is 0 Å². The molecule has 0 unspecified atom stereocenters. The summed E-state index contributed by atoms with van der Waals surface area (Å²) in [6.07, 6.45) is 9.73. The van der Waals surface area contributed by atoms with E-state index in [4.69, 9.17) is 9.31 Å². The van der Waals surface area contributed by atoms with Gasteiger partial charge in [0.25, 0.3) is 0 Å². The largest absolute Gasteiger partial charge is 0.497 e. The number of hydrogen-bond acceptors (Lipinski definition) is 4. The molecule has 1 aromatic carbocycles. The number of rotatable bonds is 9. The van der Waals surface area contributed by atoms with Crippen molar-refractivity contribution in [1.29, 1.82) is 0 Å². The van der Waals surface area contributed by atoms with Gasteiger partial charge in [-0.15, -0.1) is 22.7 Å². The maximum Gasteiger partial charge on any atom is 0.497 e. The highest BCUT2D eigenvalue weighted by atomic mass is 32.1. The Morgan fingerprint density at radius 3 is 1.51 bits per heavy atom. The first-order valence-corrected chi connectivity index (χ1v) is 17.7. The van der Waals surface area contributed by atoms with Crippen molar-refractivity contribution in [2.45, 2.75) is 130 Å². The fraction of sp³-hybridized carbons (Fsp3) is 0.526. The van der Waals surface area contributed by atoms with Crippen LogP contribution in [0.25, 0.3) is 0 Å². The van der Waals surface area contributed by atoms with Crippen LogP contribution in [0.1, 0.15) is 137 Å². The first-order valence-electron chi connectivity index (χ1n) is 16.1. The molecule has 1 fully saturated rings. The summed E-state index contributed by atoms with van der Waals surface area (Å²) in [5, 5.41) is 0. The average molecular weight is 613 g/mol. The molecule has 0 bridgehead atoms. The molecule has 0 aliphatic carbocycles. The van der Waals surface area contributed by atoms with Crippen LogP contribution in [0.4, 0.5) is 0 Å². The maximum absolute atomic E-state index is 6.63. The summed E-state index contributed by atoms with van der Waals surface area (Å²) in [6, 6.07) is 13.3. The van der Waals surface area contributed by atoms with Crippen LogP contribution in [0.3, 0.4) is 0 Å². The van der Waals surface area contributed by atoms with Gasteiger partial charge in [-0.25, -0.2) is 0 Å².